The molecule has 0 aliphatic carbocycles. The van der Waals surface area contributed by atoms with Crippen molar-refractivity contribution in [3.05, 3.63) is 29.6 Å². The molecule has 1 aromatic carbocycles. The van der Waals surface area contributed by atoms with Crippen molar-refractivity contribution in [3.63, 3.8) is 0 Å². The lowest BCUT2D eigenvalue weighted by molar-refractivity contribution is -0.117. The average molecular weight is 334 g/mol. The number of benzene rings is 1. The number of Topliss-reactive ketones (excluding diaryl/α,β-unsaturated/α-hetero) is 1. The van der Waals surface area contributed by atoms with Crippen molar-refractivity contribution >= 4 is 37.1 Å². The molecule has 1 aromatic rings. The van der Waals surface area contributed by atoms with E-state index >= 15 is 0 Å². The Morgan fingerprint density at radius 3 is 2.67 bits per heavy atom. The minimum absolute atomic E-state index is 0.000149. The summed E-state index contributed by atoms with van der Waals surface area (Å²) in [5, 5.41) is 0. The number of rotatable bonds is 4. The predicted molar refractivity (Wildman–Crippen MR) is 76.5 cm³/mol. The van der Waals surface area contributed by atoms with Crippen LogP contribution in [0.15, 0.2) is 18.2 Å². The zero-order valence-corrected chi connectivity index (χ0v) is 12.7. The van der Waals surface area contributed by atoms with E-state index in [0.717, 1.165) is 6.07 Å². The molecule has 0 radical (unpaired) electrons. The summed E-state index contributed by atoms with van der Waals surface area (Å²) >= 11 is 0. The number of hydrogen-bond donors (Lipinski definition) is 0. The van der Waals surface area contributed by atoms with Gasteiger partial charge in [0.25, 0.3) is 0 Å². The van der Waals surface area contributed by atoms with Gasteiger partial charge >= 0.3 is 0 Å². The largest absolute Gasteiger partial charge is 0.309 e. The Morgan fingerprint density at radius 2 is 2.14 bits per heavy atom. The van der Waals surface area contributed by atoms with Crippen molar-refractivity contribution in [1.82, 2.24) is 0 Å². The Morgan fingerprint density at radius 1 is 1.48 bits per heavy atom. The van der Waals surface area contributed by atoms with Gasteiger partial charge in [0, 0.05) is 35.1 Å². The topological polar surface area (TPSA) is 71.5 Å². The summed E-state index contributed by atoms with van der Waals surface area (Å²) in [5.41, 5.74) is 0.252. The molecule has 0 saturated carbocycles. The average Bonchev–Trinajstić information content (AvgIpc) is 2.67. The molecule has 1 amide bonds. The van der Waals surface area contributed by atoms with E-state index in [4.69, 9.17) is 10.7 Å². The molecule has 1 aliphatic heterocycles. The lowest BCUT2D eigenvalue weighted by Crippen LogP contribution is -2.26. The second-order valence-corrected chi connectivity index (χ2v) is 7.82. The quantitative estimate of drug-likeness (QED) is 0.623. The van der Waals surface area contributed by atoms with Crippen molar-refractivity contribution in [3.8, 4) is 0 Å². The van der Waals surface area contributed by atoms with Crippen molar-refractivity contribution in [2.24, 2.45) is 5.92 Å². The van der Waals surface area contributed by atoms with Gasteiger partial charge in [0.05, 0.1) is 11.4 Å². The van der Waals surface area contributed by atoms with Crippen LogP contribution in [0.25, 0.3) is 0 Å². The molecule has 2 rings (SSSR count). The summed E-state index contributed by atoms with van der Waals surface area (Å²) in [6, 6.07) is 3.84. The number of carbonyl (C=O) groups is 2. The van der Waals surface area contributed by atoms with Crippen molar-refractivity contribution in [1.29, 1.82) is 0 Å². The van der Waals surface area contributed by atoms with Gasteiger partial charge in [-0.15, -0.1) is 0 Å². The van der Waals surface area contributed by atoms with Crippen LogP contribution in [0, 0.1) is 11.7 Å². The van der Waals surface area contributed by atoms with Crippen molar-refractivity contribution in [2.75, 3.05) is 17.2 Å². The number of amides is 1. The lowest BCUT2D eigenvalue weighted by atomic mass is 10.1. The molecule has 114 valence electrons. The Bertz CT molecular complexity index is 704. The van der Waals surface area contributed by atoms with E-state index in [1.54, 1.807) is 0 Å². The molecule has 0 N–H and O–H groups in total. The number of anilines is 1. The Labute approximate surface area is 126 Å². The molecule has 0 aromatic heterocycles. The maximum Gasteiger partial charge on any atom is 0.232 e. The van der Waals surface area contributed by atoms with E-state index in [1.165, 1.54) is 24.0 Å². The second kappa shape index (κ2) is 5.73. The second-order valence-electron chi connectivity index (χ2n) is 5.00. The van der Waals surface area contributed by atoms with E-state index in [-0.39, 0.29) is 41.7 Å². The summed E-state index contributed by atoms with van der Waals surface area (Å²) in [6.45, 7) is 1.40. The minimum atomic E-state index is -3.71. The zero-order chi connectivity index (χ0) is 15.8. The molecule has 1 aliphatic rings. The Hall–Kier alpha value is -1.47. The fourth-order valence-corrected chi connectivity index (χ4v) is 3.67. The SMILES string of the molecule is CC(=O)c1ccc(N2CC(CS(=O)(=O)Cl)CC2=O)c(F)c1. The maximum absolute atomic E-state index is 14.0. The highest BCUT2D eigenvalue weighted by molar-refractivity contribution is 8.13. The van der Waals surface area contributed by atoms with Crippen LogP contribution in [-0.4, -0.2) is 32.4 Å². The molecule has 1 heterocycles. The van der Waals surface area contributed by atoms with Crippen molar-refractivity contribution < 1.29 is 22.4 Å². The Kier molecular flexibility index (Phi) is 4.34. The molecule has 1 unspecified atom stereocenters. The van der Waals surface area contributed by atoms with Crippen LogP contribution in [0.4, 0.5) is 10.1 Å². The summed E-state index contributed by atoms with van der Waals surface area (Å²) in [7, 11) is 1.46. The Balaban J connectivity index is 2.23. The first kappa shape index (κ1) is 15.9. The van der Waals surface area contributed by atoms with Crippen LogP contribution in [0.1, 0.15) is 23.7 Å². The third kappa shape index (κ3) is 3.79. The van der Waals surface area contributed by atoms with Crippen LogP contribution < -0.4 is 4.90 Å². The summed E-state index contributed by atoms with van der Waals surface area (Å²) in [4.78, 5) is 24.3. The molecule has 8 heteroatoms. The molecule has 5 nitrogen and oxygen atoms in total. The zero-order valence-electron chi connectivity index (χ0n) is 11.2. The molecular weight excluding hydrogens is 321 g/mol. The van der Waals surface area contributed by atoms with E-state index < -0.39 is 20.8 Å². The summed E-state index contributed by atoms with van der Waals surface area (Å²) < 4.78 is 36.1. The fourth-order valence-electron chi connectivity index (χ4n) is 2.35. The predicted octanol–water partition coefficient (Wildman–Crippen LogP) is 1.95. The number of ketones is 1. The van der Waals surface area contributed by atoms with Gasteiger partial charge in [-0.2, -0.15) is 0 Å². The normalized spacial score (nSPS) is 19.1. The maximum atomic E-state index is 14.0. The highest BCUT2D eigenvalue weighted by Gasteiger charge is 2.34. The number of halogens is 2. The molecule has 1 fully saturated rings. The van der Waals surface area contributed by atoms with Gasteiger partial charge in [0.1, 0.15) is 5.82 Å². The fraction of sp³-hybridized carbons (Fsp3) is 0.385. The standard InChI is InChI=1S/C13H13ClFNO4S/c1-8(17)10-2-3-12(11(15)5-10)16-6-9(4-13(16)18)7-21(14,19)20/h2-3,5,9H,4,6-7H2,1H3. The van der Waals surface area contributed by atoms with Crippen LogP contribution in [0.5, 0.6) is 0 Å². The monoisotopic (exact) mass is 333 g/mol. The van der Waals surface area contributed by atoms with Crippen LogP contribution in [0.3, 0.4) is 0 Å². The van der Waals surface area contributed by atoms with Gasteiger partial charge < -0.3 is 4.90 Å². The lowest BCUT2D eigenvalue weighted by Gasteiger charge is -2.17. The molecular formula is C13H13ClFNO4S. The summed E-state index contributed by atoms with van der Waals surface area (Å²) in [5.74, 6) is -2.13. The highest BCUT2D eigenvalue weighted by atomic mass is 35.7. The van der Waals surface area contributed by atoms with E-state index in [9.17, 15) is 22.4 Å². The van der Waals surface area contributed by atoms with Gasteiger partial charge in [0.15, 0.2) is 5.78 Å². The van der Waals surface area contributed by atoms with Gasteiger partial charge in [-0.1, -0.05) is 0 Å². The third-order valence-corrected chi connectivity index (χ3v) is 4.53. The molecule has 0 bridgehead atoms. The van der Waals surface area contributed by atoms with Crippen molar-refractivity contribution in [2.45, 2.75) is 13.3 Å². The minimum Gasteiger partial charge on any atom is -0.309 e. The van der Waals surface area contributed by atoms with Gasteiger partial charge in [-0.3, -0.25) is 9.59 Å². The highest BCUT2D eigenvalue weighted by Crippen LogP contribution is 2.29. The van der Waals surface area contributed by atoms with E-state index in [2.05, 4.69) is 0 Å². The number of hydrogen-bond acceptors (Lipinski definition) is 4. The first-order chi connectivity index (χ1) is 9.67. The third-order valence-electron chi connectivity index (χ3n) is 3.28. The smallest absolute Gasteiger partial charge is 0.232 e. The summed E-state index contributed by atoms with van der Waals surface area (Å²) in [6.07, 6.45) is -0.000149. The van der Waals surface area contributed by atoms with Crippen LogP contribution >= 0.6 is 10.7 Å². The van der Waals surface area contributed by atoms with Gasteiger partial charge in [-0.05, 0) is 25.1 Å². The first-order valence-corrected chi connectivity index (χ1v) is 8.68. The van der Waals surface area contributed by atoms with Gasteiger partial charge in [-0.25, -0.2) is 12.8 Å². The van der Waals surface area contributed by atoms with Crippen LogP contribution in [-0.2, 0) is 13.8 Å². The van der Waals surface area contributed by atoms with Gasteiger partial charge in [0.2, 0.25) is 15.0 Å². The molecule has 21 heavy (non-hydrogen) atoms. The van der Waals surface area contributed by atoms with Crippen LogP contribution in [0.2, 0.25) is 0 Å². The van der Waals surface area contributed by atoms with E-state index in [0.29, 0.717) is 0 Å². The number of carbonyl (C=O) groups excluding carboxylic acids is 2. The first-order valence-electron chi connectivity index (χ1n) is 6.20. The molecule has 0 spiro atoms. The molecule has 1 saturated heterocycles. The van der Waals surface area contributed by atoms with E-state index in [1.807, 2.05) is 0 Å². The number of nitrogens with zero attached hydrogens (tertiary/aromatic N) is 1. The molecule has 1 atom stereocenters.